The van der Waals surface area contributed by atoms with Crippen molar-refractivity contribution < 1.29 is 4.79 Å². The van der Waals surface area contributed by atoms with E-state index in [2.05, 4.69) is 9.97 Å². The second kappa shape index (κ2) is 4.07. The van der Waals surface area contributed by atoms with Crippen LogP contribution in [0.5, 0.6) is 0 Å². The van der Waals surface area contributed by atoms with Gasteiger partial charge in [-0.3, -0.25) is 14.2 Å². The Morgan fingerprint density at radius 1 is 1.17 bits per heavy atom. The van der Waals surface area contributed by atoms with Crippen molar-refractivity contribution in [3.63, 3.8) is 0 Å². The number of carbonyl (C=O) groups excluding carboxylic acids is 1. The zero-order valence-corrected chi connectivity index (χ0v) is 9.87. The van der Waals surface area contributed by atoms with Crippen LogP contribution in [0.15, 0.2) is 42.6 Å². The van der Waals surface area contributed by atoms with E-state index in [9.17, 15) is 4.79 Å². The van der Waals surface area contributed by atoms with Crippen molar-refractivity contribution in [3.8, 4) is 11.5 Å². The number of pyridine rings is 2. The van der Waals surface area contributed by atoms with Gasteiger partial charge in [-0.1, -0.05) is 12.1 Å². The number of hydrogen-bond acceptors (Lipinski definition) is 3. The molecule has 0 unspecified atom stereocenters. The standard InChI is InChI=1S/C14H11N3O/c1-10-5-4-7-13-12(9-18)16-14(17(10)13)11-6-2-3-8-15-11/h2-9H,1H3. The van der Waals surface area contributed by atoms with Crippen LogP contribution in [-0.4, -0.2) is 20.7 Å². The molecule has 0 N–H and O–H groups in total. The number of fused-ring (bicyclic) bond motifs is 1. The summed E-state index contributed by atoms with van der Waals surface area (Å²) in [5.41, 5.74) is 3.04. The van der Waals surface area contributed by atoms with E-state index in [-0.39, 0.29) is 0 Å². The fourth-order valence-electron chi connectivity index (χ4n) is 2.07. The summed E-state index contributed by atoms with van der Waals surface area (Å²) < 4.78 is 1.95. The monoisotopic (exact) mass is 237 g/mol. The number of aldehydes is 1. The fourth-order valence-corrected chi connectivity index (χ4v) is 2.07. The van der Waals surface area contributed by atoms with Gasteiger partial charge in [0.05, 0.1) is 5.52 Å². The maximum absolute atomic E-state index is 11.1. The van der Waals surface area contributed by atoms with Gasteiger partial charge >= 0.3 is 0 Å². The third-order valence-corrected chi connectivity index (χ3v) is 2.89. The average molecular weight is 237 g/mol. The van der Waals surface area contributed by atoms with Gasteiger partial charge in [0.1, 0.15) is 11.4 Å². The first-order chi connectivity index (χ1) is 8.81. The zero-order chi connectivity index (χ0) is 12.5. The van der Waals surface area contributed by atoms with Crippen molar-refractivity contribution in [1.82, 2.24) is 14.4 Å². The van der Waals surface area contributed by atoms with Gasteiger partial charge in [-0.05, 0) is 31.2 Å². The van der Waals surface area contributed by atoms with Crippen LogP contribution in [0.1, 0.15) is 16.2 Å². The quantitative estimate of drug-likeness (QED) is 0.643. The maximum atomic E-state index is 11.1. The highest BCUT2D eigenvalue weighted by Gasteiger charge is 2.13. The molecule has 0 radical (unpaired) electrons. The molecule has 3 aromatic heterocycles. The molecule has 0 aliphatic carbocycles. The second-order valence-corrected chi connectivity index (χ2v) is 4.04. The summed E-state index contributed by atoms with van der Waals surface area (Å²) in [6.07, 6.45) is 2.50. The normalized spacial score (nSPS) is 10.7. The first kappa shape index (κ1) is 10.7. The molecule has 0 spiro atoms. The molecule has 0 aliphatic heterocycles. The van der Waals surface area contributed by atoms with E-state index < -0.39 is 0 Å². The molecule has 3 rings (SSSR count). The van der Waals surface area contributed by atoms with Crippen molar-refractivity contribution in [1.29, 1.82) is 0 Å². The minimum absolute atomic E-state index is 0.444. The molecular weight excluding hydrogens is 226 g/mol. The van der Waals surface area contributed by atoms with Crippen LogP contribution in [0, 0.1) is 6.92 Å². The van der Waals surface area contributed by atoms with Crippen LogP contribution in [0.4, 0.5) is 0 Å². The molecule has 0 aliphatic rings. The Labute approximate surface area is 104 Å². The lowest BCUT2D eigenvalue weighted by Gasteiger charge is -2.03. The summed E-state index contributed by atoms with van der Waals surface area (Å²) in [5.74, 6) is 0.700. The summed E-state index contributed by atoms with van der Waals surface area (Å²) in [6, 6.07) is 11.4. The number of nitrogens with zero attached hydrogens (tertiary/aromatic N) is 3. The average Bonchev–Trinajstić information content (AvgIpc) is 2.80. The van der Waals surface area contributed by atoms with E-state index in [1.807, 2.05) is 47.7 Å². The van der Waals surface area contributed by atoms with E-state index in [0.717, 1.165) is 23.2 Å². The van der Waals surface area contributed by atoms with Gasteiger partial charge in [0.25, 0.3) is 0 Å². The van der Waals surface area contributed by atoms with E-state index in [1.54, 1.807) is 6.20 Å². The first-order valence-corrected chi connectivity index (χ1v) is 5.66. The summed E-state index contributed by atoms with van der Waals surface area (Å²) >= 11 is 0. The molecule has 0 saturated heterocycles. The summed E-state index contributed by atoms with van der Waals surface area (Å²) in [5, 5.41) is 0. The molecule has 0 amide bonds. The van der Waals surface area contributed by atoms with Crippen molar-refractivity contribution in [2.45, 2.75) is 6.92 Å². The number of aryl methyl sites for hydroxylation is 1. The van der Waals surface area contributed by atoms with Crippen molar-refractivity contribution >= 4 is 11.8 Å². The van der Waals surface area contributed by atoms with E-state index in [0.29, 0.717) is 11.5 Å². The summed E-state index contributed by atoms with van der Waals surface area (Å²) in [7, 11) is 0. The molecular formula is C14H11N3O. The highest BCUT2D eigenvalue weighted by Crippen LogP contribution is 2.21. The van der Waals surface area contributed by atoms with Crippen molar-refractivity contribution in [3.05, 3.63) is 54.0 Å². The van der Waals surface area contributed by atoms with E-state index in [1.165, 1.54) is 0 Å². The highest BCUT2D eigenvalue weighted by molar-refractivity contribution is 5.85. The molecule has 4 heteroatoms. The van der Waals surface area contributed by atoms with Gasteiger partial charge in [-0.15, -0.1) is 0 Å². The minimum atomic E-state index is 0.444. The number of rotatable bonds is 2. The Morgan fingerprint density at radius 3 is 2.78 bits per heavy atom. The lowest BCUT2D eigenvalue weighted by atomic mass is 10.3. The zero-order valence-electron chi connectivity index (χ0n) is 9.87. The lowest BCUT2D eigenvalue weighted by Crippen LogP contribution is -1.95. The molecule has 88 valence electrons. The highest BCUT2D eigenvalue weighted by atomic mass is 16.1. The molecule has 18 heavy (non-hydrogen) atoms. The molecule has 0 fully saturated rings. The molecule has 4 nitrogen and oxygen atoms in total. The molecule has 0 aromatic carbocycles. The number of carbonyl (C=O) groups is 1. The SMILES string of the molecule is Cc1cccc2c(C=O)nc(-c3ccccn3)n12. The van der Waals surface area contributed by atoms with Gasteiger partial charge in [-0.25, -0.2) is 4.98 Å². The Balaban J connectivity index is 2.40. The Hall–Kier alpha value is -2.49. The number of hydrogen-bond donors (Lipinski definition) is 0. The summed E-state index contributed by atoms with van der Waals surface area (Å²) in [4.78, 5) is 19.7. The minimum Gasteiger partial charge on any atom is -0.296 e. The predicted molar refractivity (Wildman–Crippen MR) is 68.5 cm³/mol. The molecule has 0 saturated carbocycles. The van der Waals surface area contributed by atoms with Crippen LogP contribution < -0.4 is 0 Å². The number of aromatic nitrogens is 3. The van der Waals surface area contributed by atoms with Crippen molar-refractivity contribution in [2.75, 3.05) is 0 Å². The smallest absolute Gasteiger partial charge is 0.170 e. The predicted octanol–water partition coefficient (Wildman–Crippen LogP) is 2.52. The first-order valence-electron chi connectivity index (χ1n) is 5.66. The van der Waals surface area contributed by atoms with Gasteiger partial charge in [0, 0.05) is 11.9 Å². The Bertz CT molecular complexity index is 716. The third-order valence-electron chi connectivity index (χ3n) is 2.89. The van der Waals surface area contributed by atoms with Crippen LogP contribution in [-0.2, 0) is 0 Å². The van der Waals surface area contributed by atoms with E-state index >= 15 is 0 Å². The summed E-state index contributed by atoms with van der Waals surface area (Å²) in [6.45, 7) is 1.98. The molecule has 0 atom stereocenters. The van der Waals surface area contributed by atoms with Crippen LogP contribution >= 0.6 is 0 Å². The maximum Gasteiger partial charge on any atom is 0.170 e. The van der Waals surface area contributed by atoms with E-state index in [4.69, 9.17) is 0 Å². The van der Waals surface area contributed by atoms with Gasteiger partial charge in [0.15, 0.2) is 12.1 Å². The van der Waals surface area contributed by atoms with Crippen LogP contribution in [0.25, 0.3) is 17.0 Å². The molecule has 3 aromatic rings. The Morgan fingerprint density at radius 2 is 2.06 bits per heavy atom. The van der Waals surface area contributed by atoms with Crippen LogP contribution in [0.2, 0.25) is 0 Å². The topological polar surface area (TPSA) is 47.3 Å². The van der Waals surface area contributed by atoms with Crippen LogP contribution in [0.3, 0.4) is 0 Å². The van der Waals surface area contributed by atoms with Crippen molar-refractivity contribution in [2.24, 2.45) is 0 Å². The van der Waals surface area contributed by atoms with Gasteiger partial charge < -0.3 is 0 Å². The molecule has 3 heterocycles. The number of imidazole rings is 1. The lowest BCUT2D eigenvalue weighted by molar-refractivity contribution is 0.112. The van der Waals surface area contributed by atoms with Gasteiger partial charge in [0.2, 0.25) is 0 Å². The largest absolute Gasteiger partial charge is 0.296 e. The molecule has 0 bridgehead atoms. The fraction of sp³-hybridized carbons (Fsp3) is 0.0714. The second-order valence-electron chi connectivity index (χ2n) is 4.04. The third kappa shape index (κ3) is 1.50. The Kier molecular flexibility index (Phi) is 2.41. The van der Waals surface area contributed by atoms with Gasteiger partial charge in [-0.2, -0.15) is 0 Å².